The minimum absolute atomic E-state index is 0.0956. The molecule has 4 N–H and O–H groups in total. The highest BCUT2D eigenvalue weighted by molar-refractivity contribution is 6.37. The standard InChI is InChI=1S/C9H8ClN3O4/c1-11-13-9(17)5-3(8(16)12-13)2-4(14)7(15)6(5)10/h2,11,14-15H,1H3,(H,12,16). The fourth-order valence-electron chi connectivity index (χ4n) is 1.50. The van der Waals surface area contributed by atoms with Crippen LogP contribution >= 0.6 is 11.6 Å². The zero-order valence-corrected chi connectivity index (χ0v) is 9.37. The Labute approximate surface area is 98.8 Å². The number of rotatable bonds is 1. The lowest BCUT2D eigenvalue weighted by atomic mass is 10.1. The van der Waals surface area contributed by atoms with E-state index in [-0.39, 0.29) is 15.8 Å². The number of nitrogens with zero attached hydrogens (tertiary/aromatic N) is 1. The van der Waals surface area contributed by atoms with Crippen LogP contribution in [0.1, 0.15) is 0 Å². The van der Waals surface area contributed by atoms with Crippen molar-refractivity contribution in [3.8, 4) is 11.5 Å². The summed E-state index contributed by atoms with van der Waals surface area (Å²) in [5.74, 6) is -1.20. The van der Waals surface area contributed by atoms with E-state index in [9.17, 15) is 19.8 Å². The van der Waals surface area contributed by atoms with Crippen LogP contribution in [-0.4, -0.2) is 27.2 Å². The molecule has 0 aliphatic rings. The van der Waals surface area contributed by atoms with Crippen molar-refractivity contribution in [2.24, 2.45) is 0 Å². The van der Waals surface area contributed by atoms with Gasteiger partial charge in [0.1, 0.15) is 0 Å². The summed E-state index contributed by atoms with van der Waals surface area (Å²) in [4.78, 5) is 24.3. The van der Waals surface area contributed by atoms with Crippen LogP contribution in [0.25, 0.3) is 10.8 Å². The Morgan fingerprint density at radius 1 is 1.41 bits per heavy atom. The first kappa shape index (κ1) is 11.3. The predicted octanol–water partition coefficient (Wildman–Crippen LogP) is -0.0723. The van der Waals surface area contributed by atoms with E-state index < -0.39 is 22.6 Å². The van der Waals surface area contributed by atoms with Crippen molar-refractivity contribution in [1.29, 1.82) is 0 Å². The van der Waals surface area contributed by atoms with Crippen LogP contribution < -0.4 is 16.5 Å². The quantitative estimate of drug-likeness (QED) is 0.535. The molecule has 1 heterocycles. The highest BCUT2D eigenvalue weighted by Gasteiger charge is 2.16. The Balaban J connectivity index is 3.13. The van der Waals surface area contributed by atoms with Gasteiger partial charge >= 0.3 is 0 Å². The van der Waals surface area contributed by atoms with E-state index in [0.717, 1.165) is 10.9 Å². The fourth-order valence-corrected chi connectivity index (χ4v) is 1.78. The van der Waals surface area contributed by atoms with Crippen LogP contribution in [-0.2, 0) is 0 Å². The number of phenolic OH excluding ortho intramolecular Hbond substituents is 2. The Bertz CT molecular complexity index is 719. The molecule has 0 fully saturated rings. The number of hydrogen-bond acceptors (Lipinski definition) is 5. The van der Waals surface area contributed by atoms with Crippen LogP contribution in [0, 0.1) is 0 Å². The SMILES string of the molecule is CNn1[nH]c(=O)c2cc(O)c(O)c(Cl)c2c1=O. The summed E-state index contributed by atoms with van der Waals surface area (Å²) in [6, 6.07) is 0.983. The molecule has 0 bridgehead atoms. The molecule has 8 heteroatoms. The van der Waals surface area contributed by atoms with Crippen LogP contribution in [0.2, 0.25) is 5.02 Å². The first-order valence-corrected chi connectivity index (χ1v) is 4.92. The lowest BCUT2D eigenvalue weighted by Crippen LogP contribution is -2.34. The van der Waals surface area contributed by atoms with Crippen molar-refractivity contribution in [1.82, 2.24) is 9.89 Å². The van der Waals surface area contributed by atoms with Gasteiger partial charge < -0.3 is 15.6 Å². The summed E-state index contributed by atoms with van der Waals surface area (Å²) < 4.78 is 0. The summed E-state index contributed by atoms with van der Waals surface area (Å²) >= 11 is 5.73. The molecule has 0 aliphatic heterocycles. The molecule has 0 amide bonds. The highest BCUT2D eigenvalue weighted by atomic mass is 35.5. The molecule has 0 saturated heterocycles. The van der Waals surface area contributed by atoms with Crippen molar-refractivity contribution in [2.75, 3.05) is 12.5 Å². The molecule has 1 aromatic carbocycles. The number of hydrogen-bond donors (Lipinski definition) is 4. The molecule has 0 spiro atoms. The zero-order chi connectivity index (χ0) is 12.7. The predicted molar refractivity (Wildman–Crippen MR) is 62.5 cm³/mol. The minimum atomic E-state index is -0.637. The van der Waals surface area contributed by atoms with Crippen LogP contribution in [0.3, 0.4) is 0 Å². The highest BCUT2D eigenvalue weighted by Crippen LogP contribution is 2.36. The van der Waals surface area contributed by atoms with Crippen LogP contribution in [0.5, 0.6) is 11.5 Å². The molecule has 0 aliphatic carbocycles. The summed E-state index contributed by atoms with van der Waals surface area (Å²) in [7, 11) is 1.43. The number of H-pyrrole nitrogens is 1. The third-order valence-corrected chi connectivity index (χ3v) is 2.69. The summed E-state index contributed by atoms with van der Waals surface area (Å²) in [6.07, 6.45) is 0. The first-order chi connectivity index (χ1) is 7.97. The molecule has 0 atom stereocenters. The van der Waals surface area contributed by atoms with Crippen LogP contribution in [0.15, 0.2) is 15.7 Å². The van der Waals surface area contributed by atoms with Gasteiger partial charge in [-0.2, -0.15) is 4.79 Å². The molecule has 17 heavy (non-hydrogen) atoms. The number of aromatic hydroxyl groups is 2. The van der Waals surface area contributed by atoms with Crippen molar-refractivity contribution >= 4 is 22.4 Å². The second kappa shape index (κ2) is 3.70. The molecule has 0 saturated carbocycles. The van der Waals surface area contributed by atoms with E-state index in [1.807, 2.05) is 0 Å². The van der Waals surface area contributed by atoms with E-state index >= 15 is 0 Å². The van der Waals surface area contributed by atoms with E-state index in [1.165, 1.54) is 7.05 Å². The lowest BCUT2D eigenvalue weighted by molar-refractivity contribution is 0.405. The molecule has 1 aromatic heterocycles. The Hall–Kier alpha value is -2.15. The number of benzene rings is 1. The van der Waals surface area contributed by atoms with Gasteiger partial charge in [-0.15, -0.1) is 0 Å². The van der Waals surface area contributed by atoms with E-state index in [0.29, 0.717) is 0 Å². The number of aromatic nitrogens is 2. The van der Waals surface area contributed by atoms with Crippen molar-refractivity contribution in [3.05, 3.63) is 31.8 Å². The number of phenols is 2. The van der Waals surface area contributed by atoms with Gasteiger partial charge in [0.25, 0.3) is 11.1 Å². The Morgan fingerprint density at radius 2 is 2.06 bits per heavy atom. The average Bonchev–Trinajstić information content (AvgIpc) is 2.30. The van der Waals surface area contributed by atoms with Gasteiger partial charge in [0.15, 0.2) is 11.5 Å². The first-order valence-electron chi connectivity index (χ1n) is 4.54. The lowest BCUT2D eigenvalue weighted by Gasteiger charge is -2.08. The fraction of sp³-hybridized carbons (Fsp3) is 0.111. The average molecular weight is 258 g/mol. The molecular weight excluding hydrogens is 250 g/mol. The Kier molecular flexibility index (Phi) is 2.47. The summed E-state index contributed by atoms with van der Waals surface area (Å²) in [5, 5.41) is 20.4. The Morgan fingerprint density at radius 3 is 2.65 bits per heavy atom. The topological polar surface area (TPSA) is 107 Å². The third kappa shape index (κ3) is 1.51. The van der Waals surface area contributed by atoms with Gasteiger partial charge in [0, 0.05) is 7.05 Å². The maximum atomic E-state index is 11.8. The van der Waals surface area contributed by atoms with Crippen molar-refractivity contribution < 1.29 is 10.2 Å². The normalized spacial score (nSPS) is 10.7. The molecule has 2 rings (SSSR count). The summed E-state index contributed by atoms with van der Waals surface area (Å²) in [5.41, 5.74) is 1.18. The molecule has 0 unspecified atom stereocenters. The summed E-state index contributed by atoms with van der Waals surface area (Å²) in [6.45, 7) is 0. The number of aromatic amines is 1. The smallest absolute Gasteiger partial charge is 0.293 e. The van der Waals surface area contributed by atoms with E-state index in [2.05, 4.69) is 10.5 Å². The van der Waals surface area contributed by atoms with Gasteiger partial charge in [-0.3, -0.25) is 9.59 Å². The number of fused-ring (bicyclic) bond motifs is 1. The van der Waals surface area contributed by atoms with Gasteiger partial charge in [-0.05, 0) is 6.07 Å². The molecule has 90 valence electrons. The maximum Gasteiger partial charge on any atom is 0.293 e. The van der Waals surface area contributed by atoms with Gasteiger partial charge in [-0.1, -0.05) is 11.6 Å². The maximum absolute atomic E-state index is 11.8. The van der Waals surface area contributed by atoms with Crippen molar-refractivity contribution in [2.45, 2.75) is 0 Å². The monoisotopic (exact) mass is 257 g/mol. The van der Waals surface area contributed by atoms with Crippen molar-refractivity contribution in [3.63, 3.8) is 0 Å². The molecule has 2 aromatic rings. The largest absolute Gasteiger partial charge is 0.504 e. The van der Waals surface area contributed by atoms with Gasteiger partial charge in [-0.25, -0.2) is 5.10 Å². The van der Waals surface area contributed by atoms with E-state index in [4.69, 9.17) is 11.6 Å². The molecule has 0 radical (unpaired) electrons. The number of halogens is 1. The molecule has 7 nitrogen and oxygen atoms in total. The molecular formula is C9H8ClN3O4. The number of nitrogens with one attached hydrogen (secondary N) is 2. The van der Waals surface area contributed by atoms with Gasteiger partial charge in [0.05, 0.1) is 15.8 Å². The van der Waals surface area contributed by atoms with Crippen LogP contribution in [0.4, 0.5) is 0 Å². The second-order valence-corrected chi connectivity index (χ2v) is 3.66. The van der Waals surface area contributed by atoms with E-state index in [1.54, 1.807) is 0 Å². The van der Waals surface area contributed by atoms with Gasteiger partial charge in [0.2, 0.25) is 0 Å². The zero-order valence-electron chi connectivity index (χ0n) is 8.61. The minimum Gasteiger partial charge on any atom is -0.504 e. The second-order valence-electron chi connectivity index (χ2n) is 3.29. The third-order valence-electron chi connectivity index (χ3n) is 2.32.